The van der Waals surface area contributed by atoms with Gasteiger partial charge in [0.1, 0.15) is 29.3 Å². The summed E-state index contributed by atoms with van der Waals surface area (Å²) >= 11 is 0. The zero-order valence-corrected chi connectivity index (χ0v) is 15.5. The van der Waals surface area contributed by atoms with Gasteiger partial charge in [0.2, 0.25) is 0 Å². The lowest BCUT2D eigenvalue weighted by Crippen LogP contribution is -2.47. The number of anilines is 3. The Morgan fingerprint density at radius 1 is 0.815 bits per heavy atom. The van der Waals surface area contributed by atoms with Crippen LogP contribution in [0.25, 0.3) is 11.2 Å². The lowest BCUT2D eigenvalue weighted by molar-refractivity contribution is 0.640. The van der Waals surface area contributed by atoms with Crippen LogP contribution in [0.2, 0.25) is 0 Å². The van der Waals surface area contributed by atoms with Gasteiger partial charge in [-0.15, -0.1) is 0 Å². The van der Waals surface area contributed by atoms with Gasteiger partial charge < -0.3 is 19.7 Å². The van der Waals surface area contributed by atoms with Gasteiger partial charge in [-0.25, -0.2) is 24.9 Å². The summed E-state index contributed by atoms with van der Waals surface area (Å²) in [4.78, 5) is 32.4. The molecule has 0 saturated carbocycles. The molecule has 0 aliphatic carbocycles. The molecule has 2 saturated heterocycles. The quantitative estimate of drug-likeness (QED) is 0.744. The molecular formula is C18H23N9. The van der Waals surface area contributed by atoms with Crippen LogP contribution in [0.4, 0.5) is 17.5 Å². The monoisotopic (exact) mass is 365 g/mol. The summed E-state index contributed by atoms with van der Waals surface area (Å²) in [5.41, 5.74) is 1.62. The van der Waals surface area contributed by atoms with Crippen molar-refractivity contribution in [2.75, 3.05) is 54.0 Å². The predicted molar refractivity (Wildman–Crippen MR) is 104 cm³/mol. The van der Waals surface area contributed by atoms with Crippen molar-refractivity contribution >= 4 is 28.6 Å². The Balaban J connectivity index is 1.34. The smallest absolute Gasteiger partial charge is 0.182 e. The fourth-order valence-electron chi connectivity index (χ4n) is 3.95. The van der Waals surface area contributed by atoms with Crippen molar-refractivity contribution in [3.8, 4) is 0 Å². The minimum atomic E-state index is 0.712. The number of piperazine rings is 1. The molecule has 3 aromatic heterocycles. The van der Waals surface area contributed by atoms with E-state index in [-0.39, 0.29) is 0 Å². The van der Waals surface area contributed by atoms with E-state index in [0.717, 1.165) is 68.1 Å². The first kappa shape index (κ1) is 16.2. The molecule has 0 radical (unpaired) electrons. The Hall–Kier alpha value is -2.97. The SMILES string of the molecule is Cc1nc(N2CCCC2)cc(N2CCN(c3ncnc4nc[nH]c34)CC2)n1. The highest BCUT2D eigenvalue weighted by atomic mass is 15.3. The Kier molecular flexibility index (Phi) is 3.99. The van der Waals surface area contributed by atoms with Crippen LogP contribution in [0.3, 0.4) is 0 Å². The molecule has 0 spiro atoms. The first-order chi connectivity index (χ1) is 13.3. The average molecular weight is 365 g/mol. The Bertz CT molecular complexity index is 939. The van der Waals surface area contributed by atoms with E-state index in [0.29, 0.717) is 5.65 Å². The number of aryl methyl sites for hydroxylation is 1. The Labute approximate surface area is 157 Å². The molecule has 0 bridgehead atoms. The van der Waals surface area contributed by atoms with Crippen molar-refractivity contribution in [1.29, 1.82) is 0 Å². The van der Waals surface area contributed by atoms with Crippen molar-refractivity contribution in [2.45, 2.75) is 19.8 Å². The number of hydrogen-bond donors (Lipinski definition) is 1. The summed E-state index contributed by atoms with van der Waals surface area (Å²) in [6, 6.07) is 2.14. The zero-order chi connectivity index (χ0) is 18.2. The van der Waals surface area contributed by atoms with Crippen molar-refractivity contribution in [3.63, 3.8) is 0 Å². The normalized spacial score (nSPS) is 17.9. The fraction of sp³-hybridized carbons (Fsp3) is 0.500. The van der Waals surface area contributed by atoms with Crippen LogP contribution in [-0.2, 0) is 0 Å². The van der Waals surface area contributed by atoms with Gasteiger partial charge in [0.25, 0.3) is 0 Å². The van der Waals surface area contributed by atoms with Crippen LogP contribution in [0.5, 0.6) is 0 Å². The van der Waals surface area contributed by atoms with Gasteiger partial charge in [-0.1, -0.05) is 0 Å². The maximum absolute atomic E-state index is 4.70. The molecule has 5 heterocycles. The summed E-state index contributed by atoms with van der Waals surface area (Å²) in [5.74, 6) is 3.85. The summed E-state index contributed by atoms with van der Waals surface area (Å²) < 4.78 is 0. The molecule has 1 N–H and O–H groups in total. The number of H-pyrrole nitrogens is 1. The molecule has 140 valence electrons. The van der Waals surface area contributed by atoms with E-state index in [4.69, 9.17) is 4.98 Å². The number of fused-ring (bicyclic) bond motifs is 1. The first-order valence-electron chi connectivity index (χ1n) is 9.52. The van der Waals surface area contributed by atoms with Crippen molar-refractivity contribution in [2.24, 2.45) is 0 Å². The van der Waals surface area contributed by atoms with Gasteiger partial charge in [0, 0.05) is 45.3 Å². The number of aromatic amines is 1. The molecule has 9 nitrogen and oxygen atoms in total. The summed E-state index contributed by atoms with van der Waals surface area (Å²) in [7, 11) is 0. The van der Waals surface area contributed by atoms with E-state index < -0.39 is 0 Å². The van der Waals surface area contributed by atoms with Gasteiger partial charge in [-0.2, -0.15) is 0 Å². The third kappa shape index (κ3) is 3.02. The molecule has 0 amide bonds. The molecule has 2 fully saturated rings. The summed E-state index contributed by atoms with van der Waals surface area (Å²) in [5, 5.41) is 0. The molecule has 2 aliphatic heterocycles. The Morgan fingerprint density at radius 2 is 1.48 bits per heavy atom. The van der Waals surface area contributed by atoms with Gasteiger partial charge in [-0.3, -0.25) is 0 Å². The van der Waals surface area contributed by atoms with E-state index in [1.807, 2.05) is 6.92 Å². The third-order valence-electron chi connectivity index (χ3n) is 5.35. The summed E-state index contributed by atoms with van der Waals surface area (Å²) in [6.45, 7) is 7.73. The van der Waals surface area contributed by atoms with Crippen molar-refractivity contribution in [3.05, 3.63) is 24.5 Å². The maximum Gasteiger partial charge on any atom is 0.182 e. The largest absolute Gasteiger partial charge is 0.356 e. The number of aromatic nitrogens is 6. The maximum atomic E-state index is 4.70. The van der Waals surface area contributed by atoms with Crippen LogP contribution in [0.1, 0.15) is 18.7 Å². The topological polar surface area (TPSA) is 90.0 Å². The zero-order valence-electron chi connectivity index (χ0n) is 15.5. The number of imidazole rings is 1. The molecule has 27 heavy (non-hydrogen) atoms. The van der Waals surface area contributed by atoms with E-state index in [9.17, 15) is 0 Å². The van der Waals surface area contributed by atoms with Crippen molar-refractivity contribution < 1.29 is 0 Å². The second-order valence-corrected chi connectivity index (χ2v) is 7.10. The van der Waals surface area contributed by atoms with Gasteiger partial charge >= 0.3 is 0 Å². The van der Waals surface area contributed by atoms with Crippen molar-refractivity contribution in [1.82, 2.24) is 29.9 Å². The average Bonchev–Trinajstić information content (AvgIpc) is 3.39. The summed E-state index contributed by atoms with van der Waals surface area (Å²) in [6.07, 6.45) is 5.75. The third-order valence-corrected chi connectivity index (χ3v) is 5.35. The van der Waals surface area contributed by atoms with Crippen LogP contribution < -0.4 is 14.7 Å². The fourth-order valence-corrected chi connectivity index (χ4v) is 3.95. The van der Waals surface area contributed by atoms with E-state index in [1.54, 1.807) is 12.7 Å². The van der Waals surface area contributed by atoms with Gasteiger partial charge in [0.15, 0.2) is 11.5 Å². The Morgan fingerprint density at radius 3 is 2.22 bits per heavy atom. The molecule has 5 rings (SSSR count). The highest BCUT2D eigenvalue weighted by Crippen LogP contribution is 2.25. The molecular weight excluding hydrogens is 342 g/mol. The second kappa shape index (κ2) is 6.64. The number of hydrogen-bond acceptors (Lipinski definition) is 8. The van der Waals surface area contributed by atoms with Gasteiger partial charge in [0.05, 0.1) is 6.33 Å². The minimum absolute atomic E-state index is 0.712. The number of nitrogens with one attached hydrogen (secondary N) is 1. The molecule has 3 aromatic rings. The van der Waals surface area contributed by atoms with Gasteiger partial charge in [-0.05, 0) is 19.8 Å². The lowest BCUT2D eigenvalue weighted by Gasteiger charge is -2.36. The number of nitrogens with zero attached hydrogens (tertiary/aromatic N) is 8. The van der Waals surface area contributed by atoms with Crippen LogP contribution in [0.15, 0.2) is 18.7 Å². The molecule has 0 atom stereocenters. The highest BCUT2D eigenvalue weighted by Gasteiger charge is 2.23. The highest BCUT2D eigenvalue weighted by molar-refractivity contribution is 5.82. The number of rotatable bonds is 3. The van der Waals surface area contributed by atoms with E-state index in [1.165, 1.54) is 12.8 Å². The van der Waals surface area contributed by atoms with Crippen LogP contribution in [-0.4, -0.2) is 69.2 Å². The molecule has 9 heteroatoms. The molecule has 0 unspecified atom stereocenters. The van der Waals surface area contributed by atoms with Crippen LogP contribution >= 0.6 is 0 Å². The predicted octanol–water partition coefficient (Wildman–Crippen LogP) is 1.38. The van der Waals surface area contributed by atoms with E-state index in [2.05, 4.69) is 45.7 Å². The van der Waals surface area contributed by atoms with Crippen LogP contribution in [0, 0.1) is 6.92 Å². The standard InChI is InChI=1S/C18H23N9/c1-13-23-14(25-4-2-3-5-25)10-15(24-13)26-6-8-27(9-7-26)18-16-17(20-11-19-16)21-12-22-18/h10-12H,2-9H2,1H3,(H,19,20,21,22). The molecule has 2 aliphatic rings. The first-order valence-corrected chi connectivity index (χ1v) is 9.52. The molecule has 0 aromatic carbocycles. The second-order valence-electron chi connectivity index (χ2n) is 7.10. The van der Waals surface area contributed by atoms with E-state index >= 15 is 0 Å². The lowest BCUT2D eigenvalue weighted by atomic mass is 10.3. The minimum Gasteiger partial charge on any atom is -0.356 e.